The minimum absolute atomic E-state index is 0.104. The molecule has 3 N–H and O–H groups in total. The molecule has 19 heteroatoms. The number of carbonyl (C=O) groups is 4. The van der Waals surface area contributed by atoms with Gasteiger partial charge in [0.2, 0.25) is 0 Å². The quantitative estimate of drug-likeness (QED) is 0.0222. The Balaban J connectivity index is 5.12. The van der Waals surface area contributed by atoms with Crippen LogP contribution in [0.1, 0.15) is 305 Å². The predicted octanol–water partition coefficient (Wildman–Crippen LogP) is 16.9. The first-order valence-electron chi connectivity index (χ1n) is 32.5. The molecule has 0 radical (unpaired) electrons. The lowest BCUT2D eigenvalue weighted by Crippen LogP contribution is -2.30. The first-order chi connectivity index (χ1) is 38.9. The SMILES string of the molecule is CCCCCCCCCCC(=O)O[C@H](COC(=O)CCCCCCC)COP(=O)(O)OC[C@H](O)COP(=O)(O)OC[C@@H](COC(=O)CCCCCCCCCC(C)C)OC(=O)CCCCCCCCCCCCCCCCC(C)CC. The van der Waals surface area contributed by atoms with Crippen molar-refractivity contribution in [2.75, 3.05) is 39.6 Å². The lowest BCUT2D eigenvalue weighted by Gasteiger charge is -2.21. The van der Waals surface area contributed by atoms with Crippen LogP contribution in [-0.2, 0) is 65.4 Å². The summed E-state index contributed by atoms with van der Waals surface area (Å²) in [5.74, 6) is -0.600. The van der Waals surface area contributed by atoms with Crippen LogP contribution in [0.2, 0.25) is 0 Å². The summed E-state index contributed by atoms with van der Waals surface area (Å²) in [6.07, 6.45) is 36.7. The van der Waals surface area contributed by atoms with E-state index in [1.165, 1.54) is 103 Å². The number of phosphoric ester groups is 2. The second kappa shape index (κ2) is 54.7. The Morgan fingerprint density at radius 3 is 0.938 bits per heavy atom. The molecule has 3 unspecified atom stereocenters. The number of aliphatic hydroxyl groups excluding tert-OH is 1. The number of carbonyl (C=O) groups excluding carboxylic acids is 4. The maximum atomic E-state index is 13.0. The molecule has 0 aliphatic heterocycles. The number of hydrogen-bond acceptors (Lipinski definition) is 15. The summed E-state index contributed by atoms with van der Waals surface area (Å²) in [5, 5.41) is 10.5. The Bertz CT molecular complexity index is 1600. The molecule has 81 heavy (non-hydrogen) atoms. The fourth-order valence-electron chi connectivity index (χ4n) is 9.15. The standard InChI is InChI=1S/C62H120O17P2/c1-7-10-12-14-15-27-34-40-46-61(66)78-57(50-72-59(64)44-38-30-13-11-8-2)52-76-80(68,69)74-48-56(63)49-75-81(70,71)77-53-58(51-73-60(65)45-39-33-29-24-25-31-36-42-54(4)5)79-62(67)47-41-35-28-23-21-19-17-16-18-20-22-26-32-37-43-55(6)9-3/h54-58,63H,7-53H2,1-6H3,(H,68,69)(H,70,71)/t55?,56-,57+,58+/m0/s1. The third-order valence-electron chi connectivity index (χ3n) is 14.6. The van der Waals surface area contributed by atoms with Crippen LogP contribution in [0.5, 0.6) is 0 Å². The summed E-state index contributed by atoms with van der Waals surface area (Å²) in [7, 11) is -9.87. The molecule has 0 amide bonds. The highest BCUT2D eigenvalue weighted by Gasteiger charge is 2.30. The second-order valence-corrected chi connectivity index (χ2v) is 26.1. The highest BCUT2D eigenvalue weighted by molar-refractivity contribution is 7.47. The molecule has 17 nitrogen and oxygen atoms in total. The molecule has 6 atom stereocenters. The van der Waals surface area contributed by atoms with Gasteiger partial charge in [0.15, 0.2) is 12.2 Å². The van der Waals surface area contributed by atoms with Crippen LogP contribution < -0.4 is 0 Å². The van der Waals surface area contributed by atoms with Gasteiger partial charge in [-0.15, -0.1) is 0 Å². The van der Waals surface area contributed by atoms with Crippen LogP contribution in [0.3, 0.4) is 0 Å². The molecular formula is C62H120O17P2. The Kier molecular flexibility index (Phi) is 53.4. The van der Waals surface area contributed by atoms with E-state index >= 15 is 0 Å². The molecule has 0 spiro atoms. The number of ether oxygens (including phenoxy) is 4. The van der Waals surface area contributed by atoms with Gasteiger partial charge in [-0.1, -0.05) is 253 Å². The number of hydrogen-bond donors (Lipinski definition) is 3. The van der Waals surface area contributed by atoms with Gasteiger partial charge in [0.1, 0.15) is 19.3 Å². The molecule has 0 rings (SSSR count). The van der Waals surface area contributed by atoms with E-state index in [-0.39, 0.29) is 25.7 Å². The van der Waals surface area contributed by atoms with Crippen molar-refractivity contribution in [3.8, 4) is 0 Å². The van der Waals surface area contributed by atoms with Crippen molar-refractivity contribution in [3.63, 3.8) is 0 Å². The van der Waals surface area contributed by atoms with Gasteiger partial charge in [0.05, 0.1) is 26.4 Å². The zero-order valence-electron chi connectivity index (χ0n) is 52.1. The topological polar surface area (TPSA) is 237 Å². The first kappa shape index (κ1) is 79.1. The number of rotatable bonds is 61. The lowest BCUT2D eigenvalue weighted by atomic mass is 9.99. The van der Waals surface area contributed by atoms with Gasteiger partial charge in [-0.2, -0.15) is 0 Å². The molecule has 0 aromatic carbocycles. The summed E-state index contributed by atoms with van der Waals surface area (Å²) >= 11 is 0. The van der Waals surface area contributed by atoms with Crippen LogP contribution in [0.4, 0.5) is 0 Å². The van der Waals surface area contributed by atoms with Crippen molar-refractivity contribution in [3.05, 3.63) is 0 Å². The van der Waals surface area contributed by atoms with Gasteiger partial charge in [-0.25, -0.2) is 9.13 Å². The molecule has 0 bridgehead atoms. The summed E-state index contributed by atoms with van der Waals surface area (Å²) < 4.78 is 67.6. The second-order valence-electron chi connectivity index (χ2n) is 23.2. The Morgan fingerprint density at radius 1 is 0.358 bits per heavy atom. The first-order valence-corrected chi connectivity index (χ1v) is 35.5. The van der Waals surface area contributed by atoms with Crippen LogP contribution in [0.25, 0.3) is 0 Å². The highest BCUT2D eigenvalue weighted by Crippen LogP contribution is 2.45. The molecule has 0 aliphatic rings. The van der Waals surface area contributed by atoms with Crippen molar-refractivity contribution >= 4 is 39.5 Å². The Hall–Kier alpha value is -1.94. The van der Waals surface area contributed by atoms with Crippen LogP contribution in [0.15, 0.2) is 0 Å². The maximum Gasteiger partial charge on any atom is 0.472 e. The van der Waals surface area contributed by atoms with E-state index in [0.717, 1.165) is 115 Å². The van der Waals surface area contributed by atoms with Crippen LogP contribution in [-0.4, -0.2) is 96.7 Å². The summed E-state index contributed by atoms with van der Waals surface area (Å²) in [6, 6.07) is 0. The number of unbranched alkanes of at least 4 members (excludes halogenated alkanes) is 30. The normalized spacial score (nSPS) is 14.7. The summed E-state index contributed by atoms with van der Waals surface area (Å²) in [5.41, 5.74) is 0. The largest absolute Gasteiger partial charge is 0.472 e. The highest BCUT2D eigenvalue weighted by atomic mass is 31.2. The lowest BCUT2D eigenvalue weighted by molar-refractivity contribution is -0.161. The van der Waals surface area contributed by atoms with Crippen molar-refractivity contribution in [2.45, 2.75) is 323 Å². The van der Waals surface area contributed by atoms with Crippen LogP contribution in [0, 0.1) is 11.8 Å². The fraction of sp³-hybridized carbons (Fsp3) is 0.935. The molecule has 0 saturated carbocycles. The number of aliphatic hydroxyl groups is 1. The zero-order chi connectivity index (χ0) is 60.1. The monoisotopic (exact) mass is 1200 g/mol. The fourth-order valence-corrected chi connectivity index (χ4v) is 10.7. The van der Waals surface area contributed by atoms with E-state index in [1.54, 1.807) is 0 Å². The van der Waals surface area contributed by atoms with Gasteiger partial charge in [-0.05, 0) is 37.5 Å². The van der Waals surface area contributed by atoms with E-state index < -0.39 is 97.5 Å². The average molecular weight is 1200 g/mol. The van der Waals surface area contributed by atoms with Crippen LogP contribution >= 0.6 is 15.6 Å². The van der Waals surface area contributed by atoms with E-state index in [2.05, 4.69) is 41.5 Å². The van der Waals surface area contributed by atoms with Gasteiger partial charge in [-0.3, -0.25) is 37.3 Å². The molecule has 0 saturated heterocycles. The van der Waals surface area contributed by atoms with Crippen molar-refractivity contribution in [1.82, 2.24) is 0 Å². The predicted molar refractivity (Wildman–Crippen MR) is 321 cm³/mol. The third kappa shape index (κ3) is 55.7. The molecule has 480 valence electrons. The zero-order valence-corrected chi connectivity index (χ0v) is 53.9. The molecule has 0 aromatic heterocycles. The molecule has 0 heterocycles. The van der Waals surface area contributed by atoms with Gasteiger partial charge in [0, 0.05) is 25.7 Å². The van der Waals surface area contributed by atoms with E-state index in [4.69, 9.17) is 37.0 Å². The Labute approximate surface area is 492 Å². The summed E-state index contributed by atoms with van der Waals surface area (Å²) in [4.78, 5) is 71.8. The van der Waals surface area contributed by atoms with E-state index in [0.29, 0.717) is 31.6 Å². The minimum atomic E-state index is -4.94. The minimum Gasteiger partial charge on any atom is -0.462 e. The van der Waals surface area contributed by atoms with Crippen molar-refractivity contribution in [2.24, 2.45) is 11.8 Å². The maximum absolute atomic E-state index is 13.0. The molecule has 0 fully saturated rings. The summed E-state index contributed by atoms with van der Waals surface area (Å²) in [6.45, 7) is 9.36. The van der Waals surface area contributed by atoms with Crippen molar-refractivity contribution < 1.29 is 80.2 Å². The Morgan fingerprint density at radius 2 is 0.630 bits per heavy atom. The van der Waals surface area contributed by atoms with E-state index in [9.17, 15) is 43.2 Å². The average Bonchev–Trinajstić information content (AvgIpc) is 3.43. The molecular weight excluding hydrogens is 1080 g/mol. The van der Waals surface area contributed by atoms with Gasteiger partial charge < -0.3 is 33.8 Å². The van der Waals surface area contributed by atoms with E-state index in [1.807, 2.05) is 0 Å². The smallest absolute Gasteiger partial charge is 0.462 e. The molecule has 0 aromatic rings. The molecule has 0 aliphatic carbocycles. The van der Waals surface area contributed by atoms with Gasteiger partial charge in [0.25, 0.3) is 0 Å². The van der Waals surface area contributed by atoms with Gasteiger partial charge >= 0.3 is 39.5 Å². The number of phosphoric acid groups is 2. The number of esters is 4. The third-order valence-corrected chi connectivity index (χ3v) is 16.5. The van der Waals surface area contributed by atoms with Crippen molar-refractivity contribution in [1.29, 1.82) is 0 Å².